The van der Waals surface area contributed by atoms with E-state index in [9.17, 15) is 24.6 Å². The fourth-order valence-corrected chi connectivity index (χ4v) is 20.4. The monoisotopic (exact) mass is 1500 g/mol. The molecule has 15 nitrogen and oxygen atoms in total. The van der Waals surface area contributed by atoms with Gasteiger partial charge in [0.2, 0.25) is 0 Å². The highest BCUT2D eigenvalue weighted by Gasteiger charge is 2.34. The van der Waals surface area contributed by atoms with E-state index in [1.54, 1.807) is 12.1 Å². The van der Waals surface area contributed by atoms with Crippen LogP contribution in [-0.4, -0.2) is 100 Å². The third-order valence-corrected chi connectivity index (χ3v) is 25.4. The minimum atomic E-state index is -0.852. The largest absolute Gasteiger partial charge is 0.478 e. The van der Waals surface area contributed by atoms with Crippen molar-refractivity contribution in [2.45, 2.75) is 258 Å². The molecule has 3 aliphatic carbocycles. The Labute approximate surface area is 660 Å². The van der Waals surface area contributed by atoms with Crippen molar-refractivity contribution in [1.29, 1.82) is 0 Å². The van der Waals surface area contributed by atoms with Crippen molar-refractivity contribution in [3.8, 4) is 45.6 Å². The number of carbonyl (C=O) groups excluding carboxylic acids is 1. The molecule has 3 fully saturated rings. The Balaban J connectivity index is 0.000000127. The number of ether oxygens (including phenoxy) is 1. The number of carbonyl (C=O) groups is 3. The van der Waals surface area contributed by atoms with Crippen molar-refractivity contribution in [2.24, 2.45) is 0 Å². The van der Waals surface area contributed by atoms with E-state index in [0.717, 1.165) is 119 Å². The molecule has 12 aromatic rings. The number of rotatable bonds is 18. The zero-order valence-electron chi connectivity index (χ0n) is 67.2. The Kier molecular flexibility index (Phi) is 22.9. The molecule has 3 saturated carbocycles. The van der Waals surface area contributed by atoms with Crippen molar-refractivity contribution in [3.05, 3.63) is 178 Å². The second-order valence-corrected chi connectivity index (χ2v) is 33.9. The van der Waals surface area contributed by atoms with Gasteiger partial charge in [0.05, 0.1) is 69.5 Å². The van der Waals surface area contributed by atoms with Gasteiger partial charge in [-0.25, -0.2) is 14.4 Å². The number of hydrogen-bond donors (Lipinski definition) is 5. The van der Waals surface area contributed by atoms with E-state index < -0.39 is 11.9 Å². The van der Waals surface area contributed by atoms with Gasteiger partial charge in [0.15, 0.2) is 0 Å². The summed E-state index contributed by atoms with van der Waals surface area (Å²) in [6, 6.07) is 39.6. The van der Waals surface area contributed by atoms with Gasteiger partial charge in [0, 0.05) is 142 Å². The van der Waals surface area contributed by atoms with Crippen molar-refractivity contribution >= 4 is 83.3 Å². The number of fused-ring (bicyclic) bond motifs is 12. The minimum Gasteiger partial charge on any atom is -0.478 e. The predicted octanol–water partition coefficient (Wildman–Crippen LogP) is 21.5. The van der Waals surface area contributed by atoms with Crippen LogP contribution in [0.5, 0.6) is 0 Å². The number of aromatic nitrogens is 6. The molecule has 584 valence electrons. The molecule has 0 unspecified atom stereocenters. The lowest BCUT2D eigenvalue weighted by atomic mass is 9.81. The SMILES string of the molecule is CC(C)NCCCc1cn2c3c(cccc13)-c1c(C3CCCCC3)c3ccc(C(=O)O)cc3n1CCC2.CC(C)NCCCc1cn2c3c(cccc13)-c1c(C3CCCCC3)c3ccc(C(=O)O)cc3n1CCC2.COC(=O)c1ccc2c(C3CCCCC3)c3n(c2c1)CCCn1cc(C#CCNC(C)C)c2cccc-3c21. The number of methoxy groups -OCH3 is 1. The molecule has 6 aliphatic rings. The highest BCUT2D eigenvalue weighted by Crippen LogP contribution is 2.51. The molecule has 15 heteroatoms. The maximum atomic E-state index is 12.5. The minimum absolute atomic E-state index is 0.279. The van der Waals surface area contributed by atoms with Crippen LogP contribution in [0.2, 0.25) is 0 Å². The van der Waals surface area contributed by atoms with Gasteiger partial charge < -0.3 is 58.3 Å². The summed E-state index contributed by atoms with van der Waals surface area (Å²) in [6.45, 7) is 21.5. The van der Waals surface area contributed by atoms with Crippen molar-refractivity contribution < 1.29 is 29.3 Å². The second-order valence-electron chi connectivity index (χ2n) is 33.9. The zero-order chi connectivity index (χ0) is 77.3. The van der Waals surface area contributed by atoms with Crippen LogP contribution in [0.3, 0.4) is 0 Å². The van der Waals surface area contributed by atoms with Gasteiger partial charge in [-0.2, -0.15) is 0 Å². The van der Waals surface area contributed by atoms with Crippen molar-refractivity contribution in [1.82, 2.24) is 43.4 Å². The van der Waals surface area contributed by atoms with Crippen molar-refractivity contribution in [3.63, 3.8) is 0 Å². The van der Waals surface area contributed by atoms with E-state index in [0.29, 0.717) is 59.1 Å². The van der Waals surface area contributed by atoms with Gasteiger partial charge in [-0.3, -0.25) is 0 Å². The number of aryl methyl sites for hydroxylation is 8. The first-order chi connectivity index (χ1) is 54.6. The van der Waals surface area contributed by atoms with Gasteiger partial charge in [-0.15, -0.1) is 0 Å². The highest BCUT2D eigenvalue weighted by molar-refractivity contribution is 6.07. The van der Waals surface area contributed by atoms with Crippen LogP contribution in [-0.2, 0) is 56.8 Å². The molecule has 18 rings (SSSR count). The number of para-hydroxylation sites is 3. The number of hydrogen-bond acceptors (Lipinski definition) is 7. The lowest BCUT2D eigenvalue weighted by Crippen LogP contribution is -2.23. The molecule has 0 atom stereocenters. The molecule has 0 bridgehead atoms. The van der Waals surface area contributed by atoms with Gasteiger partial charge in [-0.1, -0.05) is 170 Å². The lowest BCUT2D eigenvalue weighted by Gasteiger charge is -2.25. The van der Waals surface area contributed by atoms with Crippen LogP contribution < -0.4 is 16.0 Å². The summed E-state index contributed by atoms with van der Waals surface area (Å²) in [5.41, 5.74) is 25.0. The quantitative estimate of drug-likeness (QED) is 0.0319. The predicted molar refractivity (Wildman–Crippen MR) is 458 cm³/mol. The van der Waals surface area contributed by atoms with E-state index in [1.807, 2.05) is 18.2 Å². The van der Waals surface area contributed by atoms with Gasteiger partial charge in [0.25, 0.3) is 0 Å². The Hall–Kier alpha value is -9.59. The van der Waals surface area contributed by atoms with Gasteiger partial charge in [0.1, 0.15) is 0 Å². The number of aromatic carboxylic acids is 2. The molecule has 112 heavy (non-hydrogen) atoms. The number of nitrogens with zero attached hydrogens (tertiary/aromatic N) is 6. The fourth-order valence-electron chi connectivity index (χ4n) is 20.4. The molecule has 3 aliphatic heterocycles. The summed E-state index contributed by atoms with van der Waals surface area (Å²) >= 11 is 0. The summed E-state index contributed by atoms with van der Waals surface area (Å²) in [6.07, 6.45) is 33.5. The maximum absolute atomic E-state index is 12.5. The Morgan fingerprint density at radius 1 is 0.429 bits per heavy atom. The smallest absolute Gasteiger partial charge is 0.337 e. The summed E-state index contributed by atoms with van der Waals surface area (Å²) in [5, 5.41) is 37.8. The molecule has 6 aromatic carbocycles. The summed E-state index contributed by atoms with van der Waals surface area (Å²) in [4.78, 5) is 36.3. The average Bonchev–Trinajstić information content (AvgIpc) is 1.58. The second kappa shape index (κ2) is 33.6. The summed E-state index contributed by atoms with van der Waals surface area (Å²) in [7, 11) is 1.46. The van der Waals surface area contributed by atoms with Gasteiger partial charge >= 0.3 is 17.9 Å². The Morgan fingerprint density at radius 2 is 0.795 bits per heavy atom. The molecule has 5 N–H and O–H groups in total. The van der Waals surface area contributed by atoms with E-state index >= 15 is 0 Å². The number of esters is 1. The van der Waals surface area contributed by atoms with Crippen LogP contribution >= 0.6 is 0 Å². The Morgan fingerprint density at radius 3 is 1.18 bits per heavy atom. The van der Waals surface area contributed by atoms with Crippen LogP contribution in [0.15, 0.2) is 128 Å². The molecule has 0 radical (unpaired) electrons. The molecular weight excluding hydrogens is 1390 g/mol. The van der Waals surface area contributed by atoms with Crippen molar-refractivity contribution in [2.75, 3.05) is 26.7 Å². The Bertz CT molecular complexity index is 5330. The van der Waals surface area contributed by atoms with E-state index in [-0.39, 0.29) is 5.97 Å². The highest BCUT2D eigenvalue weighted by atomic mass is 16.5. The molecule has 0 amide bonds. The fraction of sp³-hybridized carbons (Fsp3) is 0.454. The van der Waals surface area contributed by atoms with E-state index in [1.165, 1.54) is 214 Å². The first-order valence-corrected chi connectivity index (χ1v) is 42.7. The number of nitrogens with one attached hydrogen (secondary N) is 3. The summed E-state index contributed by atoms with van der Waals surface area (Å²) in [5.74, 6) is 6.40. The topological polar surface area (TPSA) is 167 Å². The van der Waals surface area contributed by atoms with Crippen LogP contribution in [0.25, 0.3) is 99.2 Å². The van der Waals surface area contributed by atoms with Crippen LogP contribution in [0, 0.1) is 11.8 Å². The molecular formula is C97H115N9O6. The number of benzene rings is 6. The number of carboxylic acids is 2. The third-order valence-electron chi connectivity index (χ3n) is 25.4. The normalized spacial score (nSPS) is 16.1. The lowest BCUT2D eigenvalue weighted by molar-refractivity contribution is 0.0599. The molecule has 0 spiro atoms. The first kappa shape index (κ1) is 76.4. The van der Waals surface area contributed by atoms with Gasteiger partial charge in [-0.05, 0) is 192 Å². The number of carboxylic acid groups (broad SMARTS) is 2. The molecule has 6 aromatic heterocycles. The first-order valence-electron chi connectivity index (χ1n) is 42.7. The molecule has 0 saturated heterocycles. The van der Waals surface area contributed by atoms with E-state index in [2.05, 4.69) is 194 Å². The maximum Gasteiger partial charge on any atom is 0.337 e. The van der Waals surface area contributed by atoms with Crippen LogP contribution in [0.1, 0.15) is 252 Å². The van der Waals surface area contributed by atoms with E-state index in [4.69, 9.17) is 4.74 Å². The standard InChI is InChI=1S/C33H37N3O2.2C32H39N3O2/c1-22(2)34-17-8-12-25-21-35-18-9-19-36-29-20-24(33(37)38-3)15-16-27(29)30(23-10-5-4-6-11-23)32(36)28-14-7-13-26(25)31(28)35;2*1-21(2)33-16-7-11-24-20-34-17-8-18-35-28-19-23(32(36)37)14-15-26(28)29(22-9-4-3-5-10-22)31(35)27-13-6-12-25(24)30(27)34/h7,13-16,20-23,34H,4-6,9-11,17-19H2,1-3H3;2*6,12-15,19-22,33H,3-5,7-11,16-18H2,1-2H3,(H,36,37). The van der Waals surface area contributed by atoms with Crippen LogP contribution in [0.4, 0.5) is 0 Å². The summed E-state index contributed by atoms with van der Waals surface area (Å²) < 4.78 is 19.9. The zero-order valence-corrected chi connectivity index (χ0v) is 67.2. The average molecular weight is 1500 g/mol. The molecule has 9 heterocycles. The third kappa shape index (κ3) is 15.1.